The van der Waals surface area contributed by atoms with E-state index in [0.29, 0.717) is 0 Å². The van der Waals surface area contributed by atoms with E-state index >= 15 is 0 Å². The van der Waals surface area contributed by atoms with Gasteiger partial charge in [0.05, 0.1) is 19.6 Å². The number of aliphatic carboxylic acids is 1. The minimum absolute atomic E-state index is 0.166. The summed E-state index contributed by atoms with van der Waals surface area (Å²) in [6.07, 6.45) is -1.80. The van der Waals surface area contributed by atoms with E-state index in [4.69, 9.17) is 9.84 Å². The molecule has 0 bridgehead atoms. The lowest BCUT2D eigenvalue weighted by Gasteiger charge is -2.17. The van der Waals surface area contributed by atoms with Crippen LogP contribution in [0.5, 0.6) is 5.88 Å². The van der Waals surface area contributed by atoms with Gasteiger partial charge in [0.1, 0.15) is 6.10 Å². The van der Waals surface area contributed by atoms with Crippen molar-refractivity contribution in [3.05, 3.63) is 23.9 Å². The molecule has 1 aromatic heterocycles. The Balaban J connectivity index is 2.86. The zero-order valence-electron chi connectivity index (χ0n) is 8.70. The van der Waals surface area contributed by atoms with Crippen LogP contribution in [0.4, 0.5) is 0 Å². The van der Waals surface area contributed by atoms with Crippen molar-refractivity contribution in [3.63, 3.8) is 0 Å². The minimum Gasteiger partial charge on any atom is -0.481 e. The van der Waals surface area contributed by atoms with Crippen molar-refractivity contribution < 1.29 is 24.9 Å². The average Bonchev–Trinajstić information content (AvgIpc) is 2.27. The standard InChI is InChI=1S/C10H13NO5/c1-16-10-6(3-2-4-11-10)9(15)7(12)5-8(13)14/h2-4,7,9,12,15H,5H2,1H3,(H,13,14). The maximum Gasteiger partial charge on any atom is 0.306 e. The van der Waals surface area contributed by atoms with Gasteiger partial charge >= 0.3 is 5.97 Å². The van der Waals surface area contributed by atoms with E-state index in [1.54, 1.807) is 6.07 Å². The molecular weight excluding hydrogens is 214 g/mol. The topological polar surface area (TPSA) is 99.9 Å². The van der Waals surface area contributed by atoms with E-state index < -0.39 is 24.6 Å². The van der Waals surface area contributed by atoms with E-state index in [0.717, 1.165) is 0 Å². The highest BCUT2D eigenvalue weighted by Crippen LogP contribution is 2.25. The largest absolute Gasteiger partial charge is 0.481 e. The molecule has 2 atom stereocenters. The van der Waals surface area contributed by atoms with Crippen molar-refractivity contribution in [2.75, 3.05) is 7.11 Å². The van der Waals surface area contributed by atoms with Crippen LogP contribution in [0.1, 0.15) is 18.1 Å². The van der Waals surface area contributed by atoms with Crippen LogP contribution in [0.3, 0.4) is 0 Å². The van der Waals surface area contributed by atoms with Crippen LogP contribution >= 0.6 is 0 Å². The summed E-state index contributed by atoms with van der Waals surface area (Å²) < 4.78 is 4.89. The van der Waals surface area contributed by atoms with Gasteiger partial charge in [-0.15, -0.1) is 0 Å². The molecule has 0 aliphatic heterocycles. The van der Waals surface area contributed by atoms with Crippen molar-refractivity contribution in [2.45, 2.75) is 18.6 Å². The predicted molar refractivity (Wildman–Crippen MR) is 54.0 cm³/mol. The highest BCUT2D eigenvalue weighted by Gasteiger charge is 2.24. The van der Waals surface area contributed by atoms with Gasteiger partial charge < -0.3 is 20.1 Å². The first-order chi connectivity index (χ1) is 7.56. The summed E-state index contributed by atoms with van der Waals surface area (Å²) in [5.41, 5.74) is 0.263. The number of hydrogen-bond acceptors (Lipinski definition) is 5. The maximum atomic E-state index is 10.4. The highest BCUT2D eigenvalue weighted by molar-refractivity contribution is 5.67. The second-order valence-electron chi connectivity index (χ2n) is 3.21. The van der Waals surface area contributed by atoms with Crippen molar-refractivity contribution in [1.29, 1.82) is 0 Å². The Labute approximate surface area is 92.1 Å². The number of aliphatic hydroxyl groups is 2. The van der Waals surface area contributed by atoms with Crippen LogP contribution in [0.25, 0.3) is 0 Å². The number of aliphatic hydroxyl groups excluding tert-OH is 2. The van der Waals surface area contributed by atoms with E-state index in [-0.39, 0.29) is 11.4 Å². The number of carboxylic acid groups (broad SMARTS) is 1. The summed E-state index contributed by atoms with van der Waals surface area (Å²) in [6, 6.07) is 3.08. The van der Waals surface area contributed by atoms with Crippen LogP contribution < -0.4 is 4.74 Å². The molecule has 0 saturated carbocycles. The molecule has 88 valence electrons. The van der Waals surface area contributed by atoms with Gasteiger partial charge in [-0.2, -0.15) is 0 Å². The summed E-state index contributed by atoms with van der Waals surface area (Å²) in [7, 11) is 1.38. The molecule has 2 unspecified atom stereocenters. The van der Waals surface area contributed by atoms with Crippen molar-refractivity contribution in [1.82, 2.24) is 4.98 Å². The molecule has 6 heteroatoms. The SMILES string of the molecule is COc1ncccc1C(O)C(O)CC(=O)O. The Hall–Kier alpha value is -1.66. The number of methoxy groups -OCH3 is 1. The number of nitrogens with zero attached hydrogens (tertiary/aromatic N) is 1. The molecular formula is C10H13NO5. The molecule has 0 aromatic carbocycles. The fourth-order valence-electron chi connectivity index (χ4n) is 1.30. The molecule has 0 spiro atoms. The number of carboxylic acids is 1. The first-order valence-corrected chi connectivity index (χ1v) is 4.63. The van der Waals surface area contributed by atoms with Gasteiger partial charge in [-0.05, 0) is 12.1 Å². The number of pyridine rings is 1. The lowest BCUT2D eigenvalue weighted by Crippen LogP contribution is -2.22. The van der Waals surface area contributed by atoms with E-state index in [1.807, 2.05) is 0 Å². The third kappa shape index (κ3) is 2.91. The highest BCUT2D eigenvalue weighted by atomic mass is 16.5. The van der Waals surface area contributed by atoms with E-state index in [9.17, 15) is 15.0 Å². The first-order valence-electron chi connectivity index (χ1n) is 4.63. The predicted octanol–water partition coefficient (Wildman–Crippen LogP) is -0.0408. The molecule has 6 nitrogen and oxygen atoms in total. The van der Waals surface area contributed by atoms with Crippen LogP contribution in [-0.4, -0.2) is 39.5 Å². The molecule has 0 radical (unpaired) electrons. The molecule has 1 rings (SSSR count). The summed E-state index contributed by atoms with van der Waals surface area (Å²) in [6.45, 7) is 0. The molecule has 0 fully saturated rings. The van der Waals surface area contributed by atoms with Crippen molar-refractivity contribution in [2.24, 2.45) is 0 Å². The minimum atomic E-state index is -1.39. The second-order valence-corrected chi connectivity index (χ2v) is 3.21. The van der Waals surface area contributed by atoms with Crippen LogP contribution in [0, 0.1) is 0 Å². The van der Waals surface area contributed by atoms with Gasteiger partial charge in [-0.3, -0.25) is 4.79 Å². The zero-order chi connectivity index (χ0) is 12.1. The summed E-state index contributed by atoms with van der Waals surface area (Å²) in [4.78, 5) is 14.2. The Morgan fingerprint density at radius 3 is 2.81 bits per heavy atom. The average molecular weight is 227 g/mol. The lowest BCUT2D eigenvalue weighted by molar-refractivity contribution is -0.141. The van der Waals surface area contributed by atoms with Crippen LogP contribution in [-0.2, 0) is 4.79 Å². The third-order valence-electron chi connectivity index (χ3n) is 2.06. The smallest absolute Gasteiger partial charge is 0.306 e. The van der Waals surface area contributed by atoms with Gasteiger partial charge in [0.15, 0.2) is 0 Å². The normalized spacial score (nSPS) is 14.2. The van der Waals surface area contributed by atoms with Crippen LogP contribution in [0.15, 0.2) is 18.3 Å². The number of carbonyl (C=O) groups is 1. The molecule has 0 aliphatic rings. The van der Waals surface area contributed by atoms with E-state index in [1.165, 1.54) is 19.4 Å². The number of aromatic nitrogens is 1. The first kappa shape index (κ1) is 12.4. The maximum absolute atomic E-state index is 10.4. The van der Waals surface area contributed by atoms with Gasteiger partial charge in [0.25, 0.3) is 0 Å². The van der Waals surface area contributed by atoms with Crippen LogP contribution in [0.2, 0.25) is 0 Å². The quantitative estimate of drug-likeness (QED) is 0.652. The molecule has 0 amide bonds. The van der Waals surface area contributed by atoms with Crippen molar-refractivity contribution in [3.8, 4) is 5.88 Å². The molecule has 3 N–H and O–H groups in total. The summed E-state index contributed by atoms with van der Waals surface area (Å²) >= 11 is 0. The van der Waals surface area contributed by atoms with Gasteiger partial charge in [0, 0.05) is 11.8 Å². The molecule has 1 heterocycles. The zero-order valence-corrected chi connectivity index (χ0v) is 8.70. The fourth-order valence-corrected chi connectivity index (χ4v) is 1.30. The van der Waals surface area contributed by atoms with Gasteiger partial charge in [0.2, 0.25) is 5.88 Å². The molecule has 0 aliphatic carbocycles. The number of rotatable bonds is 5. The molecule has 1 aromatic rings. The third-order valence-corrected chi connectivity index (χ3v) is 2.06. The lowest BCUT2D eigenvalue weighted by atomic mass is 10.0. The molecule has 0 saturated heterocycles. The van der Waals surface area contributed by atoms with Gasteiger partial charge in [-0.1, -0.05) is 0 Å². The molecule has 16 heavy (non-hydrogen) atoms. The Kier molecular flexibility index (Phi) is 4.21. The number of ether oxygens (including phenoxy) is 1. The second kappa shape index (κ2) is 5.43. The van der Waals surface area contributed by atoms with Crippen molar-refractivity contribution >= 4 is 5.97 Å². The summed E-state index contributed by atoms with van der Waals surface area (Å²) in [5.74, 6) is -1.02. The monoisotopic (exact) mass is 227 g/mol. The fraction of sp³-hybridized carbons (Fsp3) is 0.400. The summed E-state index contributed by atoms with van der Waals surface area (Å²) in [5, 5.41) is 27.7. The Bertz CT molecular complexity index is 368. The van der Waals surface area contributed by atoms with E-state index in [2.05, 4.69) is 4.98 Å². The Morgan fingerprint density at radius 2 is 2.25 bits per heavy atom. The van der Waals surface area contributed by atoms with Gasteiger partial charge in [-0.25, -0.2) is 4.98 Å². The Morgan fingerprint density at radius 1 is 1.56 bits per heavy atom. The number of hydrogen-bond donors (Lipinski definition) is 3.